The second-order valence-corrected chi connectivity index (χ2v) is 8.59. The Labute approximate surface area is 191 Å². The molecule has 1 unspecified atom stereocenters. The number of anilines is 1. The van der Waals surface area contributed by atoms with Gasteiger partial charge in [-0.2, -0.15) is 5.10 Å². The number of aromatic nitrogens is 6. The third kappa shape index (κ3) is 3.02. The van der Waals surface area contributed by atoms with Gasteiger partial charge in [0.15, 0.2) is 17.3 Å². The molecule has 0 saturated carbocycles. The molecule has 1 aliphatic carbocycles. The Morgan fingerprint density at radius 2 is 1.97 bits per heavy atom. The highest BCUT2D eigenvalue weighted by atomic mass is 15.3. The molecule has 8 heteroatoms. The molecule has 0 spiro atoms. The lowest BCUT2D eigenvalue weighted by molar-refractivity contribution is 0.399. The predicted molar refractivity (Wildman–Crippen MR) is 128 cm³/mol. The van der Waals surface area contributed by atoms with Crippen molar-refractivity contribution in [2.75, 3.05) is 12.8 Å². The molecule has 4 heterocycles. The van der Waals surface area contributed by atoms with Crippen LogP contribution in [0.1, 0.15) is 24.5 Å². The van der Waals surface area contributed by atoms with Crippen molar-refractivity contribution in [1.29, 1.82) is 0 Å². The SMILES string of the molecule is CNC1(C)CCc2cc(-n3c(-c4cccnc4N)nc4ccc(-n5cccn5)nc43)ccc21. The summed E-state index contributed by atoms with van der Waals surface area (Å²) in [6.07, 6.45) is 7.39. The van der Waals surface area contributed by atoms with Gasteiger partial charge >= 0.3 is 0 Å². The van der Waals surface area contributed by atoms with Crippen molar-refractivity contribution in [3.63, 3.8) is 0 Å². The number of imidazole rings is 1. The highest BCUT2D eigenvalue weighted by Gasteiger charge is 2.33. The molecule has 6 rings (SSSR count). The van der Waals surface area contributed by atoms with Gasteiger partial charge < -0.3 is 11.1 Å². The van der Waals surface area contributed by atoms with E-state index < -0.39 is 0 Å². The van der Waals surface area contributed by atoms with Gasteiger partial charge in [0, 0.05) is 29.8 Å². The average molecular weight is 437 g/mol. The van der Waals surface area contributed by atoms with E-state index in [4.69, 9.17) is 15.7 Å². The summed E-state index contributed by atoms with van der Waals surface area (Å²) >= 11 is 0. The number of nitrogens with one attached hydrogen (secondary N) is 1. The summed E-state index contributed by atoms with van der Waals surface area (Å²) in [5.74, 6) is 1.88. The normalized spacial score (nSPS) is 17.5. The Bertz CT molecular complexity index is 1480. The van der Waals surface area contributed by atoms with Gasteiger partial charge in [0.25, 0.3) is 0 Å². The predicted octanol–water partition coefficient (Wildman–Crippen LogP) is 3.63. The highest BCUT2D eigenvalue weighted by molar-refractivity contribution is 5.83. The molecular formula is C25H24N8. The van der Waals surface area contributed by atoms with Gasteiger partial charge in [-0.05, 0) is 80.4 Å². The van der Waals surface area contributed by atoms with Crippen LogP contribution < -0.4 is 11.1 Å². The summed E-state index contributed by atoms with van der Waals surface area (Å²) in [5.41, 5.74) is 12.2. The molecule has 1 aliphatic rings. The van der Waals surface area contributed by atoms with E-state index in [0.717, 1.165) is 46.9 Å². The van der Waals surface area contributed by atoms with Gasteiger partial charge in [0.05, 0.1) is 5.56 Å². The minimum Gasteiger partial charge on any atom is -0.383 e. The van der Waals surface area contributed by atoms with Crippen LogP contribution in [0.5, 0.6) is 0 Å². The van der Waals surface area contributed by atoms with Crippen LogP contribution in [0.2, 0.25) is 0 Å². The summed E-state index contributed by atoms with van der Waals surface area (Å²) in [7, 11) is 2.02. The van der Waals surface area contributed by atoms with Crippen LogP contribution in [0.3, 0.4) is 0 Å². The second-order valence-electron chi connectivity index (χ2n) is 8.59. The van der Waals surface area contributed by atoms with Crippen molar-refractivity contribution in [1.82, 2.24) is 34.6 Å². The molecule has 0 fully saturated rings. The molecule has 1 aromatic carbocycles. The number of benzene rings is 1. The minimum absolute atomic E-state index is 0.00696. The first-order valence-electron chi connectivity index (χ1n) is 11.0. The van der Waals surface area contributed by atoms with Gasteiger partial charge in [-0.25, -0.2) is 19.6 Å². The maximum absolute atomic E-state index is 6.26. The molecule has 1 atom stereocenters. The maximum Gasteiger partial charge on any atom is 0.167 e. The summed E-state index contributed by atoms with van der Waals surface area (Å²) in [6, 6.07) is 16.2. The number of nitrogens with two attached hydrogens (primary N) is 1. The molecule has 3 N–H and O–H groups in total. The van der Waals surface area contributed by atoms with Crippen molar-refractivity contribution < 1.29 is 0 Å². The Hall–Kier alpha value is -4.04. The van der Waals surface area contributed by atoms with Crippen LogP contribution >= 0.6 is 0 Å². The molecule has 0 radical (unpaired) electrons. The zero-order valence-electron chi connectivity index (χ0n) is 18.5. The lowest BCUT2D eigenvalue weighted by Gasteiger charge is -2.25. The largest absolute Gasteiger partial charge is 0.383 e. The summed E-state index contributed by atoms with van der Waals surface area (Å²) in [6.45, 7) is 2.25. The standard InChI is InChI=1S/C25H24N8/c1-25(27-2)11-10-16-15-17(6-7-19(16)25)33-23(18-5-3-12-28-22(18)26)30-20-8-9-21(31-24(20)33)32-14-4-13-29-32/h3-9,12-15,27H,10-11H2,1-2H3,(H2,26,28). The van der Waals surface area contributed by atoms with Crippen molar-refractivity contribution in [3.05, 3.63) is 78.2 Å². The van der Waals surface area contributed by atoms with Crippen LogP contribution in [0.15, 0.2) is 67.1 Å². The lowest BCUT2D eigenvalue weighted by Crippen LogP contribution is -2.34. The van der Waals surface area contributed by atoms with Crippen LogP contribution in [0.4, 0.5) is 5.82 Å². The molecule has 8 nitrogen and oxygen atoms in total. The zero-order chi connectivity index (χ0) is 22.6. The van der Waals surface area contributed by atoms with E-state index in [0.29, 0.717) is 5.82 Å². The fourth-order valence-corrected chi connectivity index (χ4v) is 4.75. The first-order valence-corrected chi connectivity index (χ1v) is 11.0. The summed E-state index contributed by atoms with van der Waals surface area (Å²) in [4.78, 5) is 14.1. The zero-order valence-corrected chi connectivity index (χ0v) is 18.5. The molecule has 5 aromatic rings. The number of rotatable bonds is 4. The Kier molecular flexibility index (Phi) is 4.31. The number of nitrogen functional groups attached to an aromatic ring is 1. The van der Waals surface area contributed by atoms with Crippen molar-refractivity contribution in [3.8, 4) is 22.9 Å². The van der Waals surface area contributed by atoms with E-state index >= 15 is 0 Å². The van der Waals surface area contributed by atoms with E-state index in [-0.39, 0.29) is 5.54 Å². The molecular weight excluding hydrogens is 412 g/mol. The van der Waals surface area contributed by atoms with E-state index in [1.807, 2.05) is 43.6 Å². The van der Waals surface area contributed by atoms with Crippen molar-refractivity contribution in [2.24, 2.45) is 0 Å². The van der Waals surface area contributed by atoms with E-state index in [1.54, 1.807) is 17.1 Å². The third-order valence-corrected chi connectivity index (χ3v) is 6.70. The number of pyridine rings is 2. The molecule has 4 aromatic heterocycles. The molecule has 0 amide bonds. The third-order valence-electron chi connectivity index (χ3n) is 6.70. The summed E-state index contributed by atoms with van der Waals surface area (Å²) < 4.78 is 3.82. The Balaban J connectivity index is 1.62. The molecule has 0 bridgehead atoms. The van der Waals surface area contributed by atoms with Gasteiger partial charge in [-0.1, -0.05) is 6.07 Å². The van der Waals surface area contributed by atoms with Crippen LogP contribution in [-0.2, 0) is 12.0 Å². The molecule has 0 aliphatic heterocycles. The molecule has 33 heavy (non-hydrogen) atoms. The smallest absolute Gasteiger partial charge is 0.167 e. The fourth-order valence-electron chi connectivity index (χ4n) is 4.75. The van der Waals surface area contributed by atoms with Gasteiger partial charge in [0.1, 0.15) is 11.3 Å². The monoisotopic (exact) mass is 436 g/mol. The summed E-state index contributed by atoms with van der Waals surface area (Å²) in [5, 5.41) is 7.82. The van der Waals surface area contributed by atoms with E-state index in [2.05, 4.69) is 45.1 Å². The maximum atomic E-state index is 6.26. The topological polar surface area (TPSA) is 99.5 Å². The first-order chi connectivity index (χ1) is 16.1. The second kappa shape index (κ2) is 7.25. The van der Waals surface area contributed by atoms with Gasteiger partial charge in [-0.15, -0.1) is 0 Å². The molecule has 164 valence electrons. The quantitative estimate of drug-likeness (QED) is 0.446. The number of nitrogens with zero attached hydrogens (tertiary/aromatic N) is 6. The van der Waals surface area contributed by atoms with Crippen LogP contribution in [0.25, 0.3) is 34.1 Å². The fraction of sp³-hybridized carbons (Fsp3) is 0.200. The Morgan fingerprint density at radius 1 is 1.06 bits per heavy atom. The number of aryl methyl sites for hydroxylation is 1. The van der Waals surface area contributed by atoms with Crippen LogP contribution in [0, 0.1) is 0 Å². The number of hydrogen-bond donors (Lipinski definition) is 2. The van der Waals surface area contributed by atoms with Gasteiger partial charge in [0.2, 0.25) is 0 Å². The number of fused-ring (bicyclic) bond motifs is 2. The average Bonchev–Trinajstić information content (AvgIpc) is 3.57. The lowest BCUT2D eigenvalue weighted by atomic mass is 9.94. The van der Waals surface area contributed by atoms with Crippen LogP contribution in [-0.4, -0.2) is 36.3 Å². The van der Waals surface area contributed by atoms with Gasteiger partial charge in [-0.3, -0.25) is 4.57 Å². The highest BCUT2D eigenvalue weighted by Crippen LogP contribution is 2.38. The van der Waals surface area contributed by atoms with Crippen molar-refractivity contribution >= 4 is 17.0 Å². The number of hydrogen-bond acceptors (Lipinski definition) is 6. The Morgan fingerprint density at radius 3 is 2.76 bits per heavy atom. The van der Waals surface area contributed by atoms with Crippen molar-refractivity contribution in [2.45, 2.75) is 25.3 Å². The minimum atomic E-state index is -0.00696. The van der Waals surface area contributed by atoms with E-state index in [1.165, 1.54) is 11.1 Å². The molecule has 0 saturated heterocycles. The first kappa shape index (κ1) is 19.6. The van der Waals surface area contributed by atoms with E-state index in [9.17, 15) is 0 Å².